The van der Waals surface area contributed by atoms with Crippen LogP contribution in [0.4, 0.5) is 0 Å². The third-order valence-corrected chi connectivity index (χ3v) is 1.82. The smallest absolute Gasteiger partial charge is 0.130 e. The molecule has 0 spiro atoms. The third kappa shape index (κ3) is 6.66. The lowest BCUT2D eigenvalue weighted by Gasteiger charge is -2.21. The summed E-state index contributed by atoms with van der Waals surface area (Å²) >= 11 is 4.09. The summed E-state index contributed by atoms with van der Waals surface area (Å²) in [6.45, 7) is 4.95. The van der Waals surface area contributed by atoms with Crippen LogP contribution in [0.2, 0.25) is 0 Å². The Morgan fingerprint density at radius 3 is 2.55 bits per heavy atom. The van der Waals surface area contributed by atoms with Crippen molar-refractivity contribution >= 4 is 12.6 Å². The summed E-state index contributed by atoms with van der Waals surface area (Å²) < 4.78 is 5.07. The van der Waals surface area contributed by atoms with E-state index in [-0.39, 0.29) is 0 Å². The van der Waals surface area contributed by atoms with Gasteiger partial charge in [-0.15, -0.1) is 12.6 Å². The first-order valence-electron chi connectivity index (χ1n) is 4.15. The summed E-state index contributed by atoms with van der Waals surface area (Å²) in [7, 11) is 0. The van der Waals surface area contributed by atoms with Gasteiger partial charge < -0.3 is 9.84 Å². The minimum atomic E-state index is -0.925. The molecule has 0 aliphatic carbocycles. The minimum absolute atomic E-state index is 0.326. The molecule has 0 radical (unpaired) electrons. The summed E-state index contributed by atoms with van der Waals surface area (Å²) in [4.78, 5) is -0.925. The van der Waals surface area contributed by atoms with Crippen molar-refractivity contribution in [3.63, 3.8) is 0 Å². The molecule has 0 aromatic rings. The maximum Gasteiger partial charge on any atom is 0.130 e. The lowest BCUT2D eigenvalue weighted by atomic mass is 10.2. The lowest BCUT2D eigenvalue weighted by molar-refractivity contribution is 0.0154. The van der Waals surface area contributed by atoms with Crippen LogP contribution in [0.25, 0.3) is 0 Å². The number of rotatable bonds is 6. The fourth-order valence-electron chi connectivity index (χ4n) is 0.798. The maximum absolute atomic E-state index is 9.52. The summed E-state index contributed by atoms with van der Waals surface area (Å²) in [6.07, 6.45) is 2.77. The highest BCUT2D eigenvalue weighted by Crippen LogP contribution is 2.18. The van der Waals surface area contributed by atoms with Gasteiger partial charge in [-0.1, -0.05) is 13.3 Å². The number of unbranched alkanes of at least 4 members (excludes halogenated alkanes) is 1. The Hall–Kier alpha value is 0.270. The molecule has 0 rings (SSSR count). The van der Waals surface area contributed by atoms with Crippen LogP contribution in [-0.2, 0) is 4.74 Å². The molecule has 0 fully saturated rings. The van der Waals surface area contributed by atoms with Crippen molar-refractivity contribution < 1.29 is 9.84 Å². The fourth-order valence-corrected chi connectivity index (χ4v) is 1.05. The standard InChI is InChI=1S/C8H18O2S/c1-3-5-6-8(9,11)7-10-4-2/h9,11H,3-7H2,1-2H3. The number of aliphatic hydroxyl groups is 1. The molecule has 1 unspecified atom stereocenters. The molecule has 68 valence electrons. The summed E-state index contributed by atoms with van der Waals surface area (Å²) in [5, 5.41) is 9.52. The van der Waals surface area contributed by atoms with Gasteiger partial charge in [0.25, 0.3) is 0 Å². The minimum Gasteiger partial charge on any atom is -0.378 e. The predicted octanol–water partition coefficient (Wildman–Crippen LogP) is 1.83. The largest absolute Gasteiger partial charge is 0.378 e. The lowest BCUT2D eigenvalue weighted by Crippen LogP contribution is -2.27. The predicted molar refractivity (Wildman–Crippen MR) is 50.0 cm³/mol. The van der Waals surface area contributed by atoms with E-state index in [0.29, 0.717) is 19.6 Å². The zero-order valence-corrected chi connectivity index (χ0v) is 8.23. The van der Waals surface area contributed by atoms with Crippen LogP contribution in [0.1, 0.15) is 33.1 Å². The molecule has 1 atom stereocenters. The van der Waals surface area contributed by atoms with Crippen LogP contribution in [0.3, 0.4) is 0 Å². The van der Waals surface area contributed by atoms with E-state index in [1.165, 1.54) is 0 Å². The van der Waals surface area contributed by atoms with Gasteiger partial charge in [0, 0.05) is 6.61 Å². The Morgan fingerprint density at radius 1 is 1.45 bits per heavy atom. The van der Waals surface area contributed by atoms with E-state index < -0.39 is 4.93 Å². The molecule has 0 aromatic heterocycles. The highest BCUT2D eigenvalue weighted by Gasteiger charge is 2.20. The second-order valence-corrected chi connectivity index (χ2v) is 3.56. The van der Waals surface area contributed by atoms with Crippen molar-refractivity contribution in [1.82, 2.24) is 0 Å². The molecule has 0 aliphatic rings. The molecule has 0 aliphatic heterocycles. The highest BCUT2D eigenvalue weighted by molar-refractivity contribution is 7.81. The number of thiol groups is 1. The summed E-state index contributed by atoms with van der Waals surface area (Å²) in [6, 6.07) is 0. The van der Waals surface area contributed by atoms with Gasteiger partial charge in [0.1, 0.15) is 4.93 Å². The molecule has 11 heavy (non-hydrogen) atoms. The fraction of sp³-hybridized carbons (Fsp3) is 1.00. The molecule has 1 N–H and O–H groups in total. The molecular weight excluding hydrogens is 160 g/mol. The van der Waals surface area contributed by atoms with Gasteiger partial charge in [0.05, 0.1) is 6.61 Å². The van der Waals surface area contributed by atoms with Crippen molar-refractivity contribution in [3.8, 4) is 0 Å². The Kier molecular flexibility index (Phi) is 6.01. The third-order valence-electron chi connectivity index (χ3n) is 1.47. The van der Waals surface area contributed by atoms with Crippen molar-refractivity contribution in [2.45, 2.75) is 38.0 Å². The molecule has 0 saturated heterocycles. The Bertz CT molecular complexity index is 84.1. The Labute approximate surface area is 74.4 Å². The number of hydrogen-bond donors (Lipinski definition) is 2. The molecule has 0 saturated carbocycles. The molecule has 0 bridgehead atoms. The molecule has 0 heterocycles. The second-order valence-electron chi connectivity index (χ2n) is 2.72. The summed E-state index contributed by atoms with van der Waals surface area (Å²) in [5.74, 6) is 0. The quantitative estimate of drug-likeness (QED) is 0.480. The van der Waals surface area contributed by atoms with Crippen LogP contribution in [0.15, 0.2) is 0 Å². The summed E-state index contributed by atoms with van der Waals surface area (Å²) in [5.41, 5.74) is 0. The average molecular weight is 178 g/mol. The van der Waals surface area contributed by atoms with Crippen LogP contribution in [0.5, 0.6) is 0 Å². The van der Waals surface area contributed by atoms with E-state index in [1.807, 2.05) is 6.92 Å². The second kappa shape index (κ2) is 5.86. The van der Waals surface area contributed by atoms with E-state index in [2.05, 4.69) is 19.6 Å². The molecular formula is C8H18O2S. The monoisotopic (exact) mass is 178 g/mol. The van der Waals surface area contributed by atoms with Crippen molar-refractivity contribution in [1.29, 1.82) is 0 Å². The number of hydrogen-bond acceptors (Lipinski definition) is 3. The van der Waals surface area contributed by atoms with Crippen LogP contribution >= 0.6 is 12.6 Å². The van der Waals surface area contributed by atoms with E-state index in [4.69, 9.17) is 4.74 Å². The Balaban J connectivity index is 3.43. The Morgan fingerprint density at radius 2 is 2.09 bits per heavy atom. The van der Waals surface area contributed by atoms with E-state index in [9.17, 15) is 5.11 Å². The van der Waals surface area contributed by atoms with Crippen LogP contribution in [0, 0.1) is 0 Å². The molecule has 0 aromatic carbocycles. The van der Waals surface area contributed by atoms with E-state index in [0.717, 1.165) is 12.8 Å². The molecule has 2 nitrogen and oxygen atoms in total. The van der Waals surface area contributed by atoms with E-state index >= 15 is 0 Å². The zero-order valence-electron chi connectivity index (χ0n) is 7.34. The first kappa shape index (κ1) is 11.3. The average Bonchev–Trinajstić information content (AvgIpc) is 1.97. The first-order chi connectivity index (χ1) is 5.12. The van der Waals surface area contributed by atoms with Gasteiger partial charge in [-0.25, -0.2) is 0 Å². The van der Waals surface area contributed by atoms with Gasteiger partial charge >= 0.3 is 0 Å². The van der Waals surface area contributed by atoms with Gasteiger partial charge in [0.15, 0.2) is 0 Å². The van der Waals surface area contributed by atoms with Gasteiger partial charge in [0.2, 0.25) is 0 Å². The van der Waals surface area contributed by atoms with Crippen molar-refractivity contribution in [2.75, 3.05) is 13.2 Å². The van der Waals surface area contributed by atoms with E-state index in [1.54, 1.807) is 0 Å². The van der Waals surface area contributed by atoms with Crippen molar-refractivity contribution in [3.05, 3.63) is 0 Å². The topological polar surface area (TPSA) is 29.5 Å². The van der Waals surface area contributed by atoms with Crippen LogP contribution < -0.4 is 0 Å². The van der Waals surface area contributed by atoms with Gasteiger partial charge in [-0.2, -0.15) is 0 Å². The molecule has 0 amide bonds. The normalized spacial score (nSPS) is 16.4. The van der Waals surface area contributed by atoms with Gasteiger partial charge in [-0.05, 0) is 19.8 Å². The first-order valence-corrected chi connectivity index (χ1v) is 4.59. The highest BCUT2D eigenvalue weighted by atomic mass is 32.1. The van der Waals surface area contributed by atoms with Crippen molar-refractivity contribution in [2.24, 2.45) is 0 Å². The van der Waals surface area contributed by atoms with Gasteiger partial charge in [-0.3, -0.25) is 0 Å². The zero-order chi connectivity index (χ0) is 8.74. The van der Waals surface area contributed by atoms with Crippen LogP contribution in [-0.4, -0.2) is 23.3 Å². The number of ether oxygens (including phenoxy) is 1. The molecule has 3 heteroatoms. The SMILES string of the molecule is CCCCC(O)(S)COCC. The maximum atomic E-state index is 9.52.